The van der Waals surface area contributed by atoms with E-state index in [4.69, 9.17) is 0 Å². The fraction of sp³-hybridized carbons (Fsp3) is 0.417. The van der Waals surface area contributed by atoms with E-state index >= 15 is 0 Å². The molecule has 2 heterocycles. The first-order valence-corrected chi connectivity index (χ1v) is 6.02. The summed E-state index contributed by atoms with van der Waals surface area (Å²) in [5.41, 5.74) is -0.0909. The van der Waals surface area contributed by atoms with Crippen LogP contribution < -0.4 is 10.9 Å². The van der Waals surface area contributed by atoms with Crippen LogP contribution in [0.3, 0.4) is 0 Å². The highest BCUT2D eigenvalue weighted by atomic mass is 19.1. The van der Waals surface area contributed by atoms with E-state index in [9.17, 15) is 9.18 Å². The van der Waals surface area contributed by atoms with Crippen LogP contribution in [0.4, 0.5) is 4.39 Å². The van der Waals surface area contributed by atoms with Crippen LogP contribution in [0.2, 0.25) is 0 Å². The Morgan fingerprint density at radius 3 is 3.11 bits per heavy atom. The lowest BCUT2D eigenvalue weighted by molar-refractivity contribution is 0.328. The minimum absolute atomic E-state index is 0.0260. The van der Waals surface area contributed by atoms with Crippen LogP contribution in [-0.4, -0.2) is 28.1 Å². The van der Waals surface area contributed by atoms with Gasteiger partial charge in [-0.3, -0.25) is 4.79 Å². The summed E-state index contributed by atoms with van der Waals surface area (Å²) in [7, 11) is 0. The molecule has 6 heteroatoms. The predicted octanol–water partition coefficient (Wildman–Crippen LogP) is 0.855. The smallest absolute Gasteiger partial charge is 0.280 e. The number of aromatic nitrogens is 3. The normalized spacial score (nSPS) is 20.2. The van der Waals surface area contributed by atoms with Gasteiger partial charge in [0.25, 0.3) is 5.56 Å². The number of piperidine rings is 1. The molecule has 1 aliphatic heterocycles. The molecule has 5 nitrogen and oxygen atoms in total. The van der Waals surface area contributed by atoms with Gasteiger partial charge < -0.3 is 5.32 Å². The van der Waals surface area contributed by atoms with Crippen LogP contribution in [0.1, 0.15) is 18.9 Å². The van der Waals surface area contributed by atoms with E-state index in [0.29, 0.717) is 12.1 Å². The Morgan fingerprint density at radius 2 is 2.33 bits per heavy atom. The van der Waals surface area contributed by atoms with E-state index in [1.807, 2.05) is 0 Å². The van der Waals surface area contributed by atoms with Gasteiger partial charge in [0.1, 0.15) is 16.7 Å². The Kier molecular flexibility index (Phi) is 2.79. The number of nitrogens with zero attached hydrogens (tertiary/aromatic N) is 3. The summed E-state index contributed by atoms with van der Waals surface area (Å²) in [5, 5.41) is 11.1. The van der Waals surface area contributed by atoms with Crippen molar-refractivity contribution in [3.63, 3.8) is 0 Å². The molecule has 0 spiro atoms. The lowest BCUT2D eigenvalue weighted by Gasteiger charge is -2.23. The molecule has 94 valence electrons. The van der Waals surface area contributed by atoms with Gasteiger partial charge in [-0.05, 0) is 31.5 Å². The molecule has 3 rings (SSSR count). The monoisotopic (exact) mass is 248 g/mol. The molecule has 18 heavy (non-hydrogen) atoms. The third-order valence-electron chi connectivity index (χ3n) is 3.28. The second-order valence-electron chi connectivity index (χ2n) is 4.47. The maximum absolute atomic E-state index is 13.7. The molecule has 1 fully saturated rings. The van der Waals surface area contributed by atoms with E-state index < -0.39 is 11.4 Å². The molecule has 1 aromatic heterocycles. The molecule has 0 radical (unpaired) electrons. The van der Waals surface area contributed by atoms with E-state index in [0.717, 1.165) is 19.4 Å². The lowest BCUT2D eigenvalue weighted by atomic mass is 10.1. The van der Waals surface area contributed by atoms with Crippen LogP contribution in [0.25, 0.3) is 10.9 Å². The highest BCUT2D eigenvalue weighted by Gasteiger charge is 2.19. The van der Waals surface area contributed by atoms with Crippen molar-refractivity contribution < 1.29 is 4.39 Å². The Hall–Kier alpha value is -1.82. The molecule has 1 N–H and O–H groups in total. The molecule has 1 aromatic carbocycles. The van der Waals surface area contributed by atoms with E-state index in [1.165, 1.54) is 16.8 Å². The molecule has 1 saturated heterocycles. The standard InChI is InChI=1S/C12H13FN4O/c13-9-4-1-5-10-11(9)12(18)17(16-15-10)8-3-2-6-14-7-8/h1,4-5,8,14H,2-3,6-7H2. The molecule has 0 aliphatic carbocycles. The van der Waals surface area contributed by atoms with Crippen LogP contribution in [0, 0.1) is 5.82 Å². The highest BCUT2D eigenvalue weighted by molar-refractivity contribution is 5.77. The van der Waals surface area contributed by atoms with Crippen molar-refractivity contribution in [1.82, 2.24) is 20.3 Å². The maximum atomic E-state index is 13.7. The van der Waals surface area contributed by atoms with Gasteiger partial charge in [-0.25, -0.2) is 9.07 Å². The van der Waals surface area contributed by atoms with Gasteiger partial charge in [0.15, 0.2) is 0 Å². The van der Waals surface area contributed by atoms with Crippen LogP contribution in [0.15, 0.2) is 23.0 Å². The summed E-state index contributed by atoms with van der Waals surface area (Å²) in [6.07, 6.45) is 1.84. The fourth-order valence-corrected chi connectivity index (χ4v) is 2.34. The van der Waals surface area contributed by atoms with Crippen molar-refractivity contribution in [1.29, 1.82) is 0 Å². The second kappa shape index (κ2) is 4.45. The lowest BCUT2D eigenvalue weighted by Crippen LogP contribution is -2.38. The summed E-state index contributed by atoms with van der Waals surface area (Å²) >= 11 is 0. The molecule has 0 saturated carbocycles. The molecule has 0 bridgehead atoms. The first-order chi connectivity index (χ1) is 8.77. The molecule has 1 atom stereocenters. The Morgan fingerprint density at radius 1 is 1.44 bits per heavy atom. The summed E-state index contributed by atoms with van der Waals surface area (Å²) < 4.78 is 15.0. The zero-order valence-electron chi connectivity index (χ0n) is 9.77. The third kappa shape index (κ3) is 1.78. The van der Waals surface area contributed by atoms with Gasteiger partial charge in [0.2, 0.25) is 0 Å². The van der Waals surface area contributed by atoms with Crippen molar-refractivity contribution in [2.24, 2.45) is 0 Å². The molecular weight excluding hydrogens is 235 g/mol. The third-order valence-corrected chi connectivity index (χ3v) is 3.28. The van der Waals surface area contributed by atoms with Crippen molar-refractivity contribution in [3.05, 3.63) is 34.4 Å². The quantitative estimate of drug-likeness (QED) is 0.813. The molecule has 1 unspecified atom stereocenters. The molecule has 0 amide bonds. The summed E-state index contributed by atoms with van der Waals surface area (Å²) in [6.45, 7) is 1.62. The number of rotatable bonds is 1. The zero-order valence-corrected chi connectivity index (χ0v) is 9.77. The minimum Gasteiger partial charge on any atom is -0.315 e. The highest BCUT2D eigenvalue weighted by Crippen LogP contribution is 2.15. The average molecular weight is 248 g/mol. The number of benzene rings is 1. The molecular formula is C12H13FN4O. The van der Waals surface area contributed by atoms with Crippen LogP contribution in [-0.2, 0) is 0 Å². The van der Waals surface area contributed by atoms with Crippen LogP contribution >= 0.6 is 0 Å². The van der Waals surface area contributed by atoms with Crippen molar-refractivity contribution >= 4 is 10.9 Å². The van der Waals surface area contributed by atoms with Crippen LogP contribution in [0.5, 0.6) is 0 Å². The summed E-state index contributed by atoms with van der Waals surface area (Å²) in [5.74, 6) is -0.537. The molecule has 1 aliphatic rings. The average Bonchev–Trinajstić information content (AvgIpc) is 2.40. The van der Waals surface area contributed by atoms with Gasteiger partial charge in [0.05, 0.1) is 6.04 Å². The Bertz CT molecular complexity index is 634. The first-order valence-electron chi connectivity index (χ1n) is 6.02. The number of halogens is 1. The number of nitrogens with one attached hydrogen (secondary N) is 1. The van der Waals surface area contributed by atoms with Crippen molar-refractivity contribution in [3.8, 4) is 0 Å². The van der Waals surface area contributed by atoms with E-state index in [1.54, 1.807) is 6.07 Å². The number of fused-ring (bicyclic) bond motifs is 1. The number of hydrogen-bond donors (Lipinski definition) is 1. The van der Waals surface area contributed by atoms with Crippen molar-refractivity contribution in [2.75, 3.05) is 13.1 Å². The maximum Gasteiger partial charge on any atom is 0.280 e. The van der Waals surface area contributed by atoms with Gasteiger partial charge in [0, 0.05) is 6.54 Å². The summed E-state index contributed by atoms with van der Waals surface area (Å²) in [6, 6.07) is 4.35. The van der Waals surface area contributed by atoms with Crippen molar-refractivity contribution in [2.45, 2.75) is 18.9 Å². The predicted molar refractivity (Wildman–Crippen MR) is 64.9 cm³/mol. The van der Waals surface area contributed by atoms with Gasteiger partial charge >= 0.3 is 0 Å². The van der Waals surface area contributed by atoms with Gasteiger partial charge in [-0.2, -0.15) is 0 Å². The number of hydrogen-bond acceptors (Lipinski definition) is 4. The van der Waals surface area contributed by atoms with Gasteiger partial charge in [-0.1, -0.05) is 11.3 Å². The first kappa shape index (κ1) is 11.3. The zero-order chi connectivity index (χ0) is 12.5. The van der Waals surface area contributed by atoms with Gasteiger partial charge in [-0.15, -0.1) is 5.10 Å². The minimum atomic E-state index is -0.537. The largest absolute Gasteiger partial charge is 0.315 e. The fourth-order valence-electron chi connectivity index (χ4n) is 2.34. The summed E-state index contributed by atoms with van der Waals surface area (Å²) in [4.78, 5) is 12.2. The second-order valence-corrected chi connectivity index (χ2v) is 4.47. The SMILES string of the molecule is O=c1c2c(F)cccc2nnn1C1CCCNC1. The van der Waals surface area contributed by atoms with E-state index in [2.05, 4.69) is 15.6 Å². The Labute approximate surface area is 103 Å². The topological polar surface area (TPSA) is 59.8 Å². The molecule has 2 aromatic rings. The van der Waals surface area contributed by atoms with E-state index in [-0.39, 0.29) is 11.4 Å². The Balaban J connectivity index is 2.16.